The van der Waals surface area contributed by atoms with Crippen LogP contribution in [0.2, 0.25) is 0 Å². The molecule has 4 heteroatoms. The van der Waals surface area contributed by atoms with Crippen molar-refractivity contribution in [3.8, 4) is 0 Å². The number of nitrogens with zero attached hydrogens (tertiary/aromatic N) is 1. The second-order valence-corrected chi connectivity index (χ2v) is 1.65. The molecule has 0 aliphatic carbocycles. The summed E-state index contributed by atoms with van der Waals surface area (Å²) in [7, 11) is 0. The van der Waals surface area contributed by atoms with Gasteiger partial charge in [0, 0.05) is 6.20 Å². The maximum absolute atomic E-state index is 3.97. The third-order valence-corrected chi connectivity index (χ3v) is 0.914. The van der Waals surface area contributed by atoms with Crippen LogP contribution >= 0.6 is 12.6 Å². The minimum atomic E-state index is 0. The van der Waals surface area contributed by atoms with Gasteiger partial charge >= 0.3 is 48.9 Å². The average Bonchev–Trinajstić information content (AvgIpc) is 1.69. The number of thiol groups is 1. The Labute approximate surface area is 99.9 Å². The number of pyridine rings is 1. The zero-order valence-electron chi connectivity index (χ0n) is 4.20. The van der Waals surface area contributed by atoms with Crippen LogP contribution in [0.15, 0.2) is 29.4 Å². The van der Waals surface area contributed by atoms with Gasteiger partial charge in [-0.15, -0.1) is 12.6 Å². The van der Waals surface area contributed by atoms with Gasteiger partial charge in [-0.05, 0) is 12.1 Å². The van der Waals surface area contributed by atoms with Gasteiger partial charge in [0.1, 0.15) is 0 Å². The van der Waals surface area contributed by atoms with Gasteiger partial charge in [-0.25, -0.2) is 0 Å². The molecule has 0 saturated heterocycles. The van der Waals surface area contributed by atoms with E-state index in [0.29, 0.717) is 0 Å². The number of aromatic nitrogens is 1. The van der Waals surface area contributed by atoms with Crippen LogP contribution in [0.1, 0.15) is 0 Å². The topological polar surface area (TPSA) is 44.4 Å². The molecule has 0 saturated carbocycles. The van der Waals surface area contributed by atoms with Gasteiger partial charge in [0.2, 0.25) is 0 Å². The van der Waals surface area contributed by atoms with Crippen molar-refractivity contribution < 1.29 is 5.48 Å². The van der Waals surface area contributed by atoms with E-state index in [0.717, 1.165) is 5.03 Å². The van der Waals surface area contributed by atoms with Crippen molar-refractivity contribution in [1.29, 1.82) is 0 Å². The molecule has 2 nitrogen and oxygen atoms in total. The van der Waals surface area contributed by atoms with Crippen molar-refractivity contribution in [3.05, 3.63) is 24.4 Å². The molecule has 0 spiro atoms. The summed E-state index contributed by atoms with van der Waals surface area (Å²) in [5.41, 5.74) is 0. The molecule has 2 N–H and O–H groups in total. The summed E-state index contributed by atoms with van der Waals surface area (Å²) in [6.07, 6.45) is 1.71. The molecule has 0 aliphatic heterocycles. The Morgan fingerprint density at radius 1 is 1.33 bits per heavy atom. The number of hydrogen-bond acceptors (Lipinski definition) is 2. The molecule has 48 valence electrons. The number of rotatable bonds is 0. The first kappa shape index (κ1) is 12.7. The van der Waals surface area contributed by atoms with Crippen LogP contribution in [-0.2, 0) is 0 Å². The fraction of sp³-hybridized carbons (Fsp3) is 0. The van der Waals surface area contributed by atoms with Crippen LogP contribution in [0.4, 0.5) is 0 Å². The Morgan fingerprint density at radius 2 is 2.00 bits per heavy atom. The van der Waals surface area contributed by atoms with Crippen LogP contribution in [-0.4, -0.2) is 59.3 Å². The average molecular weight is 269 g/mol. The second kappa shape index (κ2) is 7.14. The van der Waals surface area contributed by atoms with Crippen molar-refractivity contribution in [2.45, 2.75) is 5.03 Å². The van der Waals surface area contributed by atoms with E-state index in [1.165, 1.54) is 0 Å². The van der Waals surface area contributed by atoms with Crippen LogP contribution < -0.4 is 0 Å². The Morgan fingerprint density at radius 3 is 2.22 bits per heavy atom. The second-order valence-electron chi connectivity index (χ2n) is 1.19. The Bertz CT molecular complexity index is 147. The zero-order chi connectivity index (χ0) is 5.11. The predicted octanol–water partition coefficient (Wildman–Crippen LogP) is -0.371. The Balaban J connectivity index is 0. The standard InChI is InChI=1S/C5H5NS.Ba.H2O.2H/c7-5-3-1-2-4-6-5;;;;/h1-4H,(H,6,7);;1H2;;. The third kappa shape index (κ3) is 5.47. The summed E-state index contributed by atoms with van der Waals surface area (Å²) in [4.78, 5) is 3.84. The fourth-order valence-electron chi connectivity index (χ4n) is 0.354. The van der Waals surface area contributed by atoms with E-state index >= 15 is 0 Å². The van der Waals surface area contributed by atoms with Crippen molar-refractivity contribution >= 4 is 61.5 Å². The predicted molar refractivity (Wildman–Crippen MR) is 43.6 cm³/mol. The summed E-state index contributed by atoms with van der Waals surface area (Å²) in [5.74, 6) is 0. The van der Waals surface area contributed by atoms with Crippen LogP contribution in [0.3, 0.4) is 0 Å². The van der Waals surface area contributed by atoms with E-state index in [1.807, 2.05) is 18.2 Å². The molecule has 0 fully saturated rings. The van der Waals surface area contributed by atoms with Crippen molar-refractivity contribution in [2.24, 2.45) is 0 Å². The molecule has 1 aromatic heterocycles. The van der Waals surface area contributed by atoms with Gasteiger partial charge in [0.25, 0.3) is 0 Å². The third-order valence-electron chi connectivity index (χ3n) is 0.649. The van der Waals surface area contributed by atoms with Crippen molar-refractivity contribution in [2.75, 3.05) is 0 Å². The van der Waals surface area contributed by atoms with Crippen LogP contribution in [0, 0.1) is 0 Å². The number of hydrogen-bond donors (Lipinski definition) is 1. The van der Waals surface area contributed by atoms with E-state index < -0.39 is 0 Å². The van der Waals surface area contributed by atoms with E-state index in [1.54, 1.807) is 6.20 Å². The van der Waals surface area contributed by atoms with E-state index in [9.17, 15) is 0 Å². The summed E-state index contributed by atoms with van der Waals surface area (Å²) in [5, 5.41) is 0.766. The molecule has 0 atom stereocenters. The van der Waals surface area contributed by atoms with Crippen LogP contribution in [0.25, 0.3) is 0 Å². The first-order valence-corrected chi connectivity index (χ1v) is 2.44. The molecule has 0 aliphatic rings. The minimum absolute atomic E-state index is 0. The van der Waals surface area contributed by atoms with Gasteiger partial charge < -0.3 is 5.48 Å². The molecule has 0 amide bonds. The molecular formula is C5H9BaNOS. The SMILES string of the molecule is O.Sc1ccccn1.[BaH2]. The van der Waals surface area contributed by atoms with Crippen molar-refractivity contribution in [1.82, 2.24) is 4.98 Å². The van der Waals surface area contributed by atoms with E-state index in [4.69, 9.17) is 0 Å². The molecule has 1 heterocycles. The Kier molecular flexibility index (Phi) is 10.1. The molecular weight excluding hydrogens is 259 g/mol. The van der Waals surface area contributed by atoms with Gasteiger partial charge in [0.15, 0.2) is 0 Å². The van der Waals surface area contributed by atoms with Gasteiger partial charge in [-0.2, -0.15) is 0 Å². The summed E-state index contributed by atoms with van der Waals surface area (Å²) in [6.45, 7) is 0. The van der Waals surface area contributed by atoms with Crippen molar-refractivity contribution in [3.63, 3.8) is 0 Å². The van der Waals surface area contributed by atoms with Crippen LogP contribution in [0.5, 0.6) is 0 Å². The first-order valence-electron chi connectivity index (χ1n) is 1.99. The maximum atomic E-state index is 3.97. The normalized spacial score (nSPS) is 6.78. The fourth-order valence-corrected chi connectivity index (χ4v) is 0.506. The first-order chi connectivity index (χ1) is 3.39. The van der Waals surface area contributed by atoms with E-state index in [-0.39, 0.29) is 54.4 Å². The molecule has 0 unspecified atom stereocenters. The molecule has 9 heavy (non-hydrogen) atoms. The molecule has 0 radical (unpaired) electrons. The summed E-state index contributed by atoms with van der Waals surface area (Å²) < 4.78 is 0. The summed E-state index contributed by atoms with van der Waals surface area (Å²) in [6, 6.07) is 5.60. The van der Waals surface area contributed by atoms with E-state index in [2.05, 4.69) is 17.6 Å². The molecule has 0 aromatic carbocycles. The Hall–Kier alpha value is 1.03. The molecule has 1 rings (SSSR count). The van der Waals surface area contributed by atoms with Gasteiger partial charge in [0.05, 0.1) is 5.03 Å². The van der Waals surface area contributed by atoms with Gasteiger partial charge in [-0.3, -0.25) is 4.98 Å². The van der Waals surface area contributed by atoms with Gasteiger partial charge in [-0.1, -0.05) is 6.07 Å². The monoisotopic (exact) mass is 269 g/mol. The zero-order valence-corrected chi connectivity index (χ0v) is 5.10. The molecule has 0 bridgehead atoms. The quantitative estimate of drug-likeness (QED) is 0.506. The molecule has 1 aromatic rings. The summed E-state index contributed by atoms with van der Waals surface area (Å²) >= 11 is 3.97.